The van der Waals surface area contributed by atoms with E-state index in [9.17, 15) is 18.0 Å². The van der Waals surface area contributed by atoms with E-state index in [0.717, 1.165) is 44.2 Å². The quantitative estimate of drug-likeness (QED) is 0.453. The van der Waals surface area contributed by atoms with Crippen LogP contribution in [0.1, 0.15) is 44.1 Å². The number of aromatic nitrogens is 2. The zero-order valence-corrected chi connectivity index (χ0v) is 21.5. The molecule has 1 amide bonds. The maximum absolute atomic E-state index is 14.6. The molecule has 6 nitrogen and oxygen atoms in total. The van der Waals surface area contributed by atoms with E-state index in [2.05, 4.69) is 14.9 Å². The van der Waals surface area contributed by atoms with Crippen LogP contribution in [0.3, 0.4) is 0 Å². The number of likely N-dealkylation sites (tertiary alicyclic amines) is 1. The lowest BCUT2D eigenvalue weighted by molar-refractivity contribution is -0.136. The summed E-state index contributed by atoms with van der Waals surface area (Å²) in [7, 11) is 0. The van der Waals surface area contributed by atoms with Gasteiger partial charge < -0.3 is 14.5 Å². The third-order valence-electron chi connectivity index (χ3n) is 7.98. The number of carbonyl (C=O) groups excluding carboxylic acids is 1. The number of hydrogen-bond acceptors (Lipinski definition) is 5. The molecule has 200 valence electrons. The number of piperidine rings is 2. The maximum Gasteiger partial charge on any atom is 0.251 e. The molecule has 3 heterocycles. The smallest absolute Gasteiger partial charge is 0.251 e. The van der Waals surface area contributed by atoms with Crippen molar-refractivity contribution in [1.29, 1.82) is 0 Å². The van der Waals surface area contributed by atoms with Crippen LogP contribution in [0, 0.1) is 23.6 Å². The van der Waals surface area contributed by atoms with Gasteiger partial charge in [0.2, 0.25) is 11.9 Å². The summed E-state index contributed by atoms with van der Waals surface area (Å²) in [6.45, 7) is 2.44. The van der Waals surface area contributed by atoms with Gasteiger partial charge in [0.25, 0.3) is 5.92 Å². The number of benzene rings is 1. The van der Waals surface area contributed by atoms with Crippen molar-refractivity contribution < 1.29 is 22.7 Å². The predicted octanol–water partition coefficient (Wildman–Crippen LogP) is 5.39. The molecule has 0 spiro atoms. The van der Waals surface area contributed by atoms with Gasteiger partial charge in [0.1, 0.15) is 11.6 Å². The van der Waals surface area contributed by atoms with Crippen LogP contribution in [0.4, 0.5) is 19.1 Å². The largest absolute Gasteiger partial charge is 0.493 e. The van der Waals surface area contributed by atoms with E-state index in [1.807, 2.05) is 0 Å². The van der Waals surface area contributed by atoms with Gasteiger partial charge in [-0.2, -0.15) is 0 Å². The predicted molar refractivity (Wildman–Crippen MR) is 135 cm³/mol. The number of anilines is 1. The van der Waals surface area contributed by atoms with Gasteiger partial charge >= 0.3 is 0 Å². The molecule has 1 aliphatic carbocycles. The highest BCUT2D eigenvalue weighted by Gasteiger charge is 2.43. The second-order valence-corrected chi connectivity index (χ2v) is 10.9. The van der Waals surface area contributed by atoms with Gasteiger partial charge in [-0.15, -0.1) is 0 Å². The summed E-state index contributed by atoms with van der Waals surface area (Å²) >= 11 is 5.88. The van der Waals surface area contributed by atoms with Crippen molar-refractivity contribution in [2.24, 2.45) is 17.8 Å². The van der Waals surface area contributed by atoms with Gasteiger partial charge in [-0.1, -0.05) is 17.7 Å². The minimum Gasteiger partial charge on any atom is -0.493 e. The maximum atomic E-state index is 14.6. The molecule has 0 radical (unpaired) electrons. The SMILES string of the molecule is O=C(Cc1ccc(OCC[C@H]2C[C@H]2C2CCN(c3ncc(Cl)cn3)CC2)cc1F)N1CCC(F)(F)CC1. The molecule has 1 aromatic carbocycles. The average molecular weight is 537 g/mol. The first-order valence-corrected chi connectivity index (χ1v) is 13.4. The van der Waals surface area contributed by atoms with Crippen molar-refractivity contribution in [1.82, 2.24) is 14.9 Å². The minimum atomic E-state index is -2.72. The number of rotatable bonds is 8. The Kier molecular flexibility index (Phi) is 7.79. The van der Waals surface area contributed by atoms with Gasteiger partial charge in [-0.05, 0) is 55.1 Å². The highest BCUT2D eigenvalue weighted by Crippen LogP contribution is 2.49. The lowest BCUT2D eigenvalue weighted by Gasteiger charge is -2.32. The van der Waals surface area contributed by atoms with Crippen LogP contribution in [0.25, 0.3) is 0 Å². The van der Waals surface area contributed by atoms with Crippen LogP contribution in [0.15, 0.2) is 30.6 Å². The molecule has 3 fully saturated rings. The summed E-state index contributed by atoms with van der Waals surface area (Å²) in [4.78, 5) is 24.6. The average Bonchev–Trinajstić information content (AvgIpc) is 3.66. The molecular weight excluding hydrogens is 505 g/mol. The summed E-state index contributed by atoms with van der Waals surface area (Å²) in [6, 6.07) is 4.54. The van der Waals surface area contributed by atoms with Crippen molar-refractivity contribution in [3.05, 3.63) is 47.0 Å². The van der Waals surface area contributed by atoms with Crippen molar-refractivity contribution in [3.8, 4) is 5.75 Å². The zero-order valence-electron chi connectivity index (χ0n) is 20.7. The Morgan fingerprint density at radius 1 is 1.11 bits per heavy atom. The van der Waals surface area contributed by atoms with E-state index in [0.29, 0.717) is 29.2 Å². The number of ether oxygens (including phenoxy) is 1. The second kappa shape index (κ2) is 11.1. The van der Waals surface area contributed by atoms with Gasteiger partial charge in [0.05, 0.1) is 30.4 Å². The second-order valence-electron chi connectivity index (χ2n) is 10.5. The number of alkyl halides is 2. The molecule has 2 atom stereocenters. The van der Waals surface area contributed by atoms with Crippen LogP contribution >= 0.6 is 11.6 Å². The van der Waals surface area contributed by atoms with Gasteiger partial charge in [0.15, 0.2) is 0 Å². The number of hydrogen-bond donors (Lipinski definition) is 0. The molecule has 2 aromatic rings. The Hall–Kier alpha value is -2.55. The van der Waals surface area contributed by atoms with Crippen LogP contribution in [-0.4, -0.2) is 59.5 Å². The third-order valence-corrected chi connectivity index (χ3v) is 8.18. The van der Waals surface area contributed by atoms with Gasteiger partial charge in [-0.3, -0.25) is 4.79 Å². The molecule has 1 aromatic heterocycles. The van der Waals surface area contributed by atoms with Crippen molar-refractivity contribution >= 4 is 23.5 Å². The van der Waals surface area contributed by atoms with Gasteiger partial charge in [-0.25, -0.2) is 23.1 Å². The Morgan fingerprint density at radius 3 is 2.49 bits per heavy atom. The monoisotopic (exact) mass is 536 g/mol. The number of nitrogens with zero attached hydrogens (tertiary/aromatic N) is 4. The van der Waals surface area contributed by atoms with E-state index >= 15 is 0 Å². The molecule has 0 bridgehead atoms. The lowest BCUT2D eigenvalue weighted by atomic mass is 9.90. The number of halogens is 4. The first-order valence-electron chi connectivity index (χ1n) is 13.1. The summed E-state index contributed by atoms with van der Waals surface area (Å²) in [5.41, 5.74) is 0.257. The molecule has 5 rings (SSSR count). The fraction of sp³-hybridized carbons (Fsp3) is 0.593. The number of amides is 1. The minimum absolute atomic E-state index is 0.00663. The van der Waals surface area contributed by atoms with Crippen LogP contribution in [-0.2, 0) is 11.2 Å². The van der Waals surface area contributed by atoms with E-state index < -0.39 is 11.7 Å². The Labute approximate surface area is 220 Å². The van der Waals surface area contributed by atoms with Crippen molar-refractivity contribution in [2.45, 2.75) is 50.9 Å². The molecule has 0 N–H and O–H groups in total. The van der Waals surface area contributed by atoms with Crippen molar-refractivity contribution in [2.75, 3.05) is 37.7 Å². The topological polar surface area (TPSA) is 58.6 Å². The fourth-order valence-corrected chi connectivity index (χ4v) is 5.72. The normalized spacial score (nSPS) is 23.7. The lowest BCUT2D eigenvalue weighted by Crippen LogP contribution is -2.43. The third kappa shape index (κ3) is 6.67. The summed E-state index contributed by atoms with van der Waals surface area (Å²) in [5, 5.41) is 0.542. The van der Waals surface area contributed by atoms with E-state index in [4.69, 9.17) is 16.3 Å². The van der Waals surface area contributed by atoms with E-state index in [-0.39, 0.29) is 43.8 Å². The highest BCUT2D eigenvalue weighted by atomic mass is 35.5. The Balaban J connectivity index is 1.02. The van der Waals surface area contributed by atoms with Crippen LogP contribution < -0.4 is 9.64 Å². The van der Waals surface area contributed by atoms with Crippen molar-refractivity contribution in [3.63, 3.8) is 0 Å². The molecule has 2 aliphatic heterocycles. The molecule has 37 heavy (non-hydrogen) atoms. The molecule has 10 heteroatoms. The van der Waals surface area contributed by atoms with E-state index in [1.165, 1.54) is 17.4 Å². The highest BCUT2D eigenvalue weighted by molar-refractivity contribution is 6.30. The molecule has 2 saturated heterocycles. The van der Waals surface area contributed by atoms with Crippen LogP contribution in [0.5, 0.6) is 5.75 Å². The molecule has 3 aliphatic rings. The summed E-state index contributed by atoms with van der Waals surface area (Å²) in [6.07, 6.45) is 6.85. The fourth-order valence-electron chi connectivity index (χ4n) is 5.62. The Morgan fingerprint density at radius 2 is 1.81 bits per heavy atom. The zero-order chi connectivity index (χ0) is 26.0. The summed E-state index contributed by atoms with van der Waals surface area (Å²) in [5.74, 6) is -0.301. The Bertz CT molecular complexity index is 1090. The first-order chi connectivity index (χ1) is 17.8. The summed E-state index contributed by atoms with van der Waals surface area (Å²) < 4.78 is 47.0. The molecule has 0 unspecified atom stereocenters. The molecular formula is C27H32ClF3N4O2. The van der Waals surface area contributed by atoms with Gasteiger partial charge in [0, 0.05) is 45.1 Å². The van der Waals surface area contributed by atoms with Crippen LogP contribution in [0.2, 0.25) is 5.02 Å². The standard InChI is InChI=1S/C27H32ClF3N4O2/c28-21-16-32-26(33-17-21)35-8-3-18(4-9-35)23-13-19(23)5-12-37-22-2-1-20(24(29)15-22)14-25(36)34-10-6-27(30,31)7-11-34/h1-2,15-19,23H,3-14H2/t19-,23-/m0/s1. The van der Waals surface area contributed by atoms with E-state index in [1.54, 1.807) is 24.5 Å². The first kappa shape index (κ1) is 26.1. The number of carbonyl (C=O) groups is 1. The molecule has 1 saturated carbocycles.